The van der Waals surface area contributed by atoms with Crippen LogP contribution in [0.5, 0.6) is 5.75 Å². The predicted octanol–water partition coefficient (Wildman–Crippen LogP) is 2.83. The molecule has 144 valence electrons. The monoisotopic (exact) mass is 370 g/mol. The van der Waals surface area contributed by atoms with Crippen LogP contribution >= 0.6 is 0 Å². The summed E-state index contributed by atoms with van der Waals surface area (Å²) in [6, 6.07) is 5.84. The van der Waals surface area contributed by atoms with Gasteiger partial charge in [-0.3, -0.25) is 0 Å². The molecule has 0 fully saturated rings. The molecule has 1 atom stereocenters. The van der Waals surface area contributed by atoms with Crippen molar-refractivity contribution in [1.82, 2.24) is 19.5 Å². The van der Waals surface area contributed by atoms with Crippen LogP contribution in [0.25, 0.3) is 11.2 Å². The van der Waals surface area contributed by atoms with Gasteiger partial charge in [0.15, 0.2) is 17.0 Å². The maximum atomic E-state index is 10.2. The van der Waals surface area contributed by atoms with Crippen molar-refractivity contribution in [3.8, 4) is 5.75 Å². The standard InChI is InChI=1S/C19H26N6O2/c1-11(2)25-10-22-15-17(20-9-14-7-5-6-12(3)16(14)27)23-19(24-18(15)25)21-8-13(4)26/h5-7,10-11,13,26-27H,8-9H2,1-4H3,(H2,20,21,23,24). The lowest BCUT2D eigenvalue weighted by Gasteiger charge is -2.13. The summed E-state index contributed by atoms with van der Waals surface area (Å²) in [4.78, 5) is 13.5. The minimum absolute atomic E-state index is 0.197. The number of imidazole rings is 1. The number of aliphatic hydroxyl groups is 1. The summed E-state index contributed by atoms with van der Waals surface area (Å²) in [5.41, 5.74) is 2.98. The van der Waals surface area contributed by atoms with Crippen LogP contribution in [0.2, 0.25) is 0 Å². The second kappa shape index (κ2) is 7.79. The van der Waals surface area contributed by atoms with Gasteiger partial charge >= 0.3 is 0 Å². The molecule has 3 rings (SSSR count). The number of nitrogens with zero attached hydrogens (tertiary/aromatic N) is 4. The van der Waals surface area contributed by atoms with E-state index in [1.807, 2.05) is 29.7 Å². The molecule has 0 saturated heterocycles. The van der Waals surface area contributed by atoms with Gasteiger partial charge in [-0.2, -0.15) is 9.97 Å². The van der Waals surface area contributed by atoms with Gasteiger partial charge in [-0.1, -0.05) is 18.2 Å². The number of phenolic OH excluding ortho intramolecular Hbond substituents is 1. The van der Waals surface area contributed by atoms with Gasteiger partial charge in [-0.05, 0) is 33.3 Å². The number of anilines is 2. The molecular formula is C19H26N6O2. The fourth-order valence-electron chi connectivity index (χ4n) is 2.78. The molecule has 0 radical (unpaired) electrons. The molecule has 0 bridgehead atoms. The third kappa shape index (κ3) is 4.11. The summed E-state index contributed by atoms with van der Waals surface area (Å²) in [5, 5.41) is 26.1. The lowest BCUT2D eigenvalue weighted by atomic mass is 10.1. The number of benzene rings is 1. The van der Waals surface area contributed by atoms with Crippen molar-refractivity contribution in [1.29, 1.82) is 0 Å². The summed E-state index contributed by atoms with van der Waals surface area (Å²) >= 11 is 0. The van der Waals surface area contributed by atoms with Crippen molar-refractivity contribution in [3.05, 3.63) is 35.7 Å². The summed E-state index contributed by atoms with van der Waals surface area (Å²) < 4.78 is 1.97. The van der Waals surface area contributed by atoms with E-state index in [4.69, 9.17) is 0 Å². The number of aromatic nitrogens is 4. The highest BCUT2D eigenvalue weighted by Crippen LogP contribution is 2.26. The smallest absolute Gasteiger partial charge is 0.226 e. The maximum absolute atomic E-state index is 10.2. The first-order chi connectivity index (χ1) is 12.9. The Balaban J connectivity index is 1.95. The fourth-order valence-corrected chi connectivity index (χ4v) is 2.78. The van der Waals surface area contributed by atoms with Gasteiger partial charge in [0, 0.05) is 24.7 Å². The van der Waals surface area contributed by atoms with Crippen LogP contribution in [0.15, 0.2) is 24.5 Å². The van der Waals surface area contributed by atoms with Gasteiger partial charge in [-0.15, -0.1) is 0 Å². The molecular weight excluding hydrogens is 344 g/mol. The first-order valence-electron chi connectivity index (χ1n) is 9.04. The van der Waals surface area contributed by atoms with Crippen LogP contribution in [0, 0.1) is 6.92 Å². The summed E-state index contributed by atoms with van der Waals surface area (Å²) in [6.45, 7) is 8.44. The Morgan fingerprint density at radius 2 is 1.93 bits per heavy atom. The van der Waals surface area contributed by atoms with Gasteiger partial charge in [0.25, 0.3) is 0 Å². The van der Waals surface area contributed by atoms with E-state index in [1.165, 1.54) is 0 Å². The Labute approximate surface area is 158 Å². The van der Waals surface area contributed by atoms with Crippen molar-refractivity contribution in [3.63, 3.8) is 0 Å². The molecule has 0 aliphatic rings. The van der Waals surface area contributed by atoms with E-state index < -0.39 is 6.10 Å². The number of aromatic hydroxyl groups is 1. The topological polar surface area (TPSA) is 108 Å². The largest absolute Gasteiger partial charge is 0.507 e. The van der Waals surface area contributed by atoms with E-state index in [0.29, 0.717) is 36.0 Å². The van der Waals surface area contributed by atoms with Gasteiger partial charge in [0.2, 0.25) is 5.95 Å². The number of rotatable bonds is 7. The van der Waals surface area contributed by atoms with Crippen LogP contribution in [-0.2, 0) is 6.54 Å². The average Bonchev–Trinajstić information content (AvgIpc) is 3.05. The highest BCUT2D eigenvalue weighted by Gasteiger charge is 2.15. The Kier molecular flexibility index (Phi) is 5.46. The number of hydrogen-bond acceptors (Lipinski definition) is 7. The molecule has 0 amide bonds. The molecule has 8 nitrogen and oxygen atoms in total. The maximum Gasteiger partial charge on any atom is 0.226 e. The molecule has 4 N–H and O–H groups in total. The Morgan fingerprint density at radius 1 is 1.15 bits per heavy atom. The normalized spacial score (nSPS) is 12.5. The van der Waals surface area contributed by atoms with E-state index in [1.54, 1.807) is 13.3 Å². The van der Waals surface area contributed by atoms with E-state index in [9.17, 15) is 10.2 Å². The molecule has 3 aromatic rings. The summed E-state index contributed by atoms with van der Waals surface area (Å²) in [5.74, 6) is 1.27. The van der Waals surface area contributed by atoms with Crippen LogP contribution in [0.4, 0.5) is 11.8 Å². The summed E-state index contributed by atoms with van der Waals surface area (Å²) in [7, 11) is 0. The van der Waals surface area contributed by atoms with Crippen molar-refractivity contribution in [2.75, 3.05) is 17.2 Å². The Bertz CT molecular complexity index is 935. The lowest BCUT2D eigenvalue weighted by Crippen LogP contribution is -2.18. The number of hydrogen-bond donors (Lipinski definition) is 4. The number of nitrogens with one attached hydrogen (secondary N) is 2. The van der Waals surface area contributed by atoms with E-state index >= 15 is 0 Å². The molecule has 2 aromatic heterocycles. The van der Waals surface area contributed by atoms with Gasteiger partial charge < -0.3 is 25.4 Å². The molecule has 0 spiro atoms. The number of phenols is 1. The number of aryl methyl sites for hydroxylation is 1. The zero-order valence-electron chi connectivity index (χ0n) is 16.1. The molecule has 0 saturated carbocycles. The average molecular weight is 370 g/mol. The molecule has 0 aliphatic carbocycles. The highest BCUT2D eigenvalue weighted by atomic mass is 16.3. The van der Waals surface area contributed by atoms with E-state index in [2.05, 4.69) is 39.4 Å². The molecule has 0 aliphatic heterocycles. The zero-order valence-corrected chi connectivity index (χ0v) is 16.1. The Morgan fingerprint density at radius 3 is 2.63 bits per heavy atom. The van der Waals surface area contributed by atoms with Crippen molar-refractivity contribution < 1.29 is 10.2 Å². The highest BCUT2D eigenvalue weighted by molar-refractivity contribution is 5.84. The van der Waals surface area contributed by atoms with Gasteiger partial charge in [-0.25, -0.2) is 4.98 Å². The SMILES string of the molecule is Cc1cccc(CNc2nc(NCC(C)O)nc3c2ncn3C(C)C)c1O. The number of fused-ring (bicyclic) bond motifs is 1. The quantitative estimate of drug-likeness (QED) is 0.506. The molecule has 27 heavy (non-hydrogen) atoms. The lowest BCUT2D eigenvalue weighted by molar-refractivity contribution is 0.208. The summed E-state index contributed by atoms with van der Waals surface area (Å²) in [6.07, 6.45) is 1.23. The fraction of sp³-hybridized carbons (Fsp3) is 0.421. The molecule has 2 heterocycles. The van der Waals surface area contributed by atoms with Crippen LogP contribution < -0.4 is 10.6 Å². The van der Waals surface area contributed by atoms with Crippen molar-refractivity contribution in [2.24, 2.45) is 0 Å². The Hall–Kier alpha value is -2.87. The van der Waals surface area contributed by atoms with Crippen molar-refractivity contribution in [2.45, 2.75) is 46.4 Å². The number of para-hydroxylation sites is 1. The first-order valence-corrected chi connectivity index (χ1v) is 9.04. The molecule has 1 aromatic carbocycles. The zero-order chi connectivity index (χ0) is 19.6. The van der Waals surface area contributed by atoms with Gasteiger partial charge in [0.05, 0.1) is 12.4 Å². The van der Waals surface area contributed by atoms with Crippen molar-refractivity contribution >= 4 is 22.9 Å². The van der Waals surface area contributed by atoms with E-state index in [0.717, 1.165) is 11.1 Å². The predicted molar refractivity (Wildman–Crippen MR) is 106 cm³/mol. The third-order valence-corrected chi connectivity index (χ3v) is 4.30. The third-order valence-electron chi connectivity index (χ3n) is 4.30. The van der Waals surface area contributed by atoms with Crippen LogP contribution in [0.3, 0.4) is 0 Å². The number of aliphatic hydroxyl groups excluding tert-OH is 1. The second-order valence-electron chi connectivity index (χ2n) is 6.98. The van der Waals surface area contributed by atoms with Gasteiger partial charge in [0.1, 0.15) is 5.75 Å². The minimum Gasteiger partial charge on any atom is -0.507 e. The molecule has 8 heteroatoms. The molecule has 1 unspecified atom stereocenters. The van der Waals surface area contributed by atoms with Crippen LogP contribution in [-0.4, -0.2) is 42.4 Å². The minimum atomic E-state index is -0.514. The van der Waals surface area contributed by atoms with Crippen LogP contribution in [0.1, 0.15) is 37.9 Å². The first kappa shape index (κ1) is 18.9. The second-order valence-corrected chi connectivity index (χ2v) is 6.98. The van der Waals surface area contributed by atoms with E-state index in [-0.39, 0.29) is 11.8 Å².